The van der Waals surface area contributed by atoms with Crippen molar-refractivity contribution in [2.75, 3.05) is 14.1 Å². The lowest BCUT2D eigenvalue weighted by atomic mass is 10.0. The number of likely N-dealkylation sites (N-methyl/N-ethyl adjacent to an activating group) is 1. The predicted molar refractivity (Wildman–Crippen MR) is 88.3 cm³/mol. The van der Waals surface area contributed by atoms with Gasteiger partial charge in [-0.2, -0.15) is 0 Å². The second kappa shape index (κ2) is 7.59. The molecule has 2 amide bonds. The lowest BCUT2D eigenvalue weighted by Crippen LogP contribution is -2.46. The van der Waals surface area contributed by atoms with Gasteiger partial charge in [0.25, 0.3) is 5.91 Å². The van der Waals surface area contributed by atoms with E-state index in [4.69, 9.17) is 0 Å². The number of aryl methyl sites for hydroxylation is 1. The zero-order valence-electron chi connectivity index (χ0n) is 13.2. The van der Waals surface area contributed by atoms with Gasteiger partial charge in [-0.3, -0.25) is 9.59 Å². The van der Waals surface area contributed by atoms with Crippen molar-refractivity contribution in [1.82, 2.24) is 10.2 Å². The van der Waals surface area contributed by atoms with Crippen LogP contribution in [0.15, 0.2) is 22.7 Å². The van der Waals surface area contributed by atoms with Crippen LogP contribution in [0, 0.1) is 12.8 Å². The Bertz CT molecular complexity index is 527. The number of nitrogens with zero attached hydrogens (tertiary/aromatic N) is 1. The van der Waals surface area contributed by atoms with E-state index in [0.717, 1.165) is 10.0 Å². The Labute approximate surface area is 135 Å². The summed E-state index contributed by atoms with van der Waals surface area (Å²) in [7, 11) is 3.40. The minimum atomic E-state index is -0.489. The number of hydrogen-bond acceptors (Lipinski definition) is 2. The number of rotatable bonds is 5. The predicted octanol–water partition coefficient (Wildman–Crippen LogP) is 2.99. The second-order valence-electron chi connectivity index (χ2n) is 5.85. The number of hydrogen-bond donors (Lipinski definition) is 1. The van der Waals surface area contributed by atoms with Crippen molar-refractivity contribution in [2.45, 2.75) is 33.2 Å². The van der Waals surface area contributed by atoms with Crippen molar-refractivity contribution in [3.63, 3.8) is 0 Å². The molecule has 0 saturated heterocycles. The van der Waals surface area contributed by atoms with Gasteiger partial charge in [0.15, 0.2) is 0 Å². The van der Waals surface area contributed by atoms with Crippen LogP contribution in [0.1, 0.15) is 36.2 Å². The van der Waals surface area contributed by atoms with Crippen LogP contribution in [-0.2, 0) is 4.79 Å². The van der Waals surface area contributed by atoms with E-state index < -0.39 is 6.04 Å². The van der Waals surface area contributed by atoms with Gasteiger partial charge in [-0.25, -0.2) is 0 Å². The number of halogens is 1. The summed E-state index contributed by atoms with van der Waals surface area (Å²) >= 11 is 3.41. The Morgan fingerprint density at radius 3 is 2.38 bits per heavy atom. The summed E-state index contributed by atoms with van der Waals surface area (Å²) in [5, 5.41) is 2.85. The summed E-state index contributed by atoms with van der Waals surface area (Å²) in [5.41, 5.74) is 1.55. The molecule has 0 radical (unpaired) electrons. The monoisotopic (exact) mass is 354 g/mol. The molecular formula is C16H23BrN2O2. The van der Waals surface area contributed by atoms with Gasteiger partial charge in [0.1, 0.15) is 6.04 Å². The molecule has 5 heteroatoms. The fourth-order valence-electron chi connectivity index (χ4n) is 2.03. The summed E-state index contributed by atoms with van der Waals surface area (Å²) in [5.74, 6) is 0.0307. The lowest BCUT2D eigenvalue weighted by Gasteiger charge is -2.23. The molecule has 4 nitrogen and oxygen atoms in total. The Morgan fingerprint density at radius 2 is 1.90 bits per heavy atom. The van der Waals surface area contributed by atoms with Gasteiger partial charge in [-0.05, 0) is 43.0 Å². The van der Waals surface area contributed by atoms with E-state index in [1.54, 1.807) is 20.2 Å². The normalized spacial score (nSPS) is 12.1. The van der Waals surface area contributed by atoms with Crippen LogP contribution in [0.25, 0.3) is 0 Å². The maximum absolute atomic E-state index is 12.3. The first-order valence-corrected chi connectivity index (χ1v) is 7.79. The molecule has 116 valence electrons. The quantitative estimate of drug-likeness (QED) is 0.883. The molecule has 0 spiro atoms. The molecule has 0 aromatic heterocycles. The summed E-state index contributed by atoms with van der Waals surface area (Å²) in [6.07, 6.45) is 0.623. The highest BCUT2D eigenvalue weighted by atomic mass is 79.9. The number of benzene rings is 1. The molecule has 0 aliphatic rings. The molecule has 1 aromatic rings. The topological polar surface area (TPSA) is 49.4 Å². The van der Waals surface area contributed by atoms with Crippen molar-refractivity contribution < 1.29 is 9.59 Å². The largest absolute Gasteiger partial charge is 0.347 e. The van der Waals surface area contributed by atoms with E-state index in [0.29, 0.717) is 17.9 Å². The number of carbonyl (C=O) groups excluding carboxylic acids is 2. The first-order chi connectivity index (χ1) is 9.72. The van der Waals surface area contributed by atoms with Gasteiger partial charge in [0, 0.05) is 24.1 Å². The molecule has 21 heavy (non-hydrogen) atoms. The highest BCUT2D eigenvalue weighted by molar-refractivity contribution is 9.10. The van der Waals surface area contributed by atoms with Gasteiger partial charge in [-0.15, -0.1) is 0 Å². The van der Waals surface area contributed by atoms with Crippen molar-refractivity contribution in [2.24, 2.45) is 5.92 Å². The van der Waals surface area contributed by atoms with Crippen LogP contribution in [0.3, 0.4) is 0 Å². The average Bonchev–Trinajstić information content (AvgIpc) is 2.39. The van der Waals surface area contributed by atoms with Gasteiger partial charge in [0.2, 0.25) is 5.91 Å². The van der Waals surface area contributed by atoms with Crippen molar-refractivity contribution in [3.05, 3.63) is 33.8 Å². The fraction of sp³-hybridized carbons (Fsp3) is 0.500. The SMILES string of the molecule is Cc1cc(C(=O)NC(CC(C)C)C(=O)N(C)C)ccc1Br. The van der Waals surface area contributed by atoms with Crippen molar-refractivity contribution in [3.8, 4) is 0 Å². The molecule has 0 heterocycles. The number of nitrogens with one attached hydrogen (secondary N) is 1. The Hall–Kier alpha value is -1.36. The van der Waals surface area contributed by atoms with Crippen molar-refractivity contribution >= 4 is 27.7 Å². The Morgan fingerprint density at radius 1 is 1.29 bits per heavy atom. The summed E-state index contributed by atoms with van der Waals surface area (Å²) in [6, 6.07) is 4.91. The molecule has 0 aliphatic heterocycles. The van der Waals surface area contributed by atoms with Crippen molar-refractivity contribution in [1.29, 1.82) is 0 Å². The van der Waals surface area contributed by atoms with Crippen LogP contribution in [-0.4, -0.2) is 36.9 Å². The van der Waals surface area contributed by atoms with Crippen LogP contribution < -0.4 is 5.32 Å². The first kappa shape index (κ1) is 17.7. The maximum atomic E-state index is 12.3. The molecule has 1 unspecified atom stereocenters. The molecule has 0 fully saturated rings. The third-order valence-electron chi connectivity index (χ3n) is 3.17. The van der Waals surface area contributed by atoms with E-state index in [2.05, 4.69) is 21.2 Å². The summed E-state index contributed by atoms with van der Waals surface area (Å²) < 4.78 is 0.960. The molecule has 1 rings (SSSR count). The zero-order valence-corrected chi connectivity index (χ0v) is 14.8. The zero-order chi connectivity index (χ0) is 16.2. The van der Waals surface area contributed by atoms with Gasteiger partial charge < -0.3 is 10.2 Å². The van der Waals surface area contributed by atoms with Gasteiger partial charge >= 0.3 is 0 Å². The Kier molecular flexibility index (Phi) is 6.40. The summed E-state index contributed by atoms with van der Waals surface area (Å²) in [4.78, 5) is 26.0. The van der Waals surface area contributed by atoms with E-state index in [-0.39, 0.29) is 11.8 Å². The lowest BCUT2D eigenvalue weighted by molar-refractivity contribution is -0.131. The third-order valence-corrected chi connectivity index (χ3v) is 4.06. The molecular weight excluding hydrogens is 332 g/mol. The second-order valence-corrected chi connectivity index (χ2v) is 6.71. The Balaban J connectivity index is 2.89. The standard InChI is InChI=1S/C16H23BrN2O2/c1-10(2)8-14(16(21)19(4)5)18-15(20)12-6-7-13(17)11(3)9-12/h6-7,9-10,14H,8H2,1-5H3,(H,18,20). The minimum absolute atomic E-state index is 0.0779. The molecule has 1 atom stereocenters. The number of amides is 2. The molecule has 0 aliphatic carbocycles. The van der Waals surface area contributed by atoms with Crippen LogP contribution in [0.5, 0.6) is 0 Å². The molecule has 1 aromatic carbocycles. The van der Waals surface area contributed by atoms with E-state index in [1.165, 1.54) is 4.90 Å². The smallest absolute Gasteiger partial charge is 0.251 e. The average molecular weight is 355 g/mol. The molecule has 0 bridgehead atoms. The van der Waals surface area contributed by atoms with Crippen LogP contribution in [0.2, 0.25) is 0 Å². The first-order valence-electron chi connectivity index (χ1n) is 7.00. The van der Waals surface area contributed by atoms with E-state index in [1.807, 2.05) is 32.9 Å². The highest BCUT2D eigenvalue weighted by Crippen LogP contribution is 2.17. The molecule has 1 N–H and O–H groups in total. The van der Waals surface area contributed by atoms with Gasteiger partial charge in [-0.1, -0.05) is 29.8 Å². The summed E-state index contributed by atoms with van der Waals surface area (Å²) in [6.45, 7) is 6.00. The number of carbonyl (C=O) groups is 2. The third kappa shape index (κ3) is 5.16. The van der Waals surface area contributed by atoms with Crippen LogP contribution in [0.4, 0.5) is 0 Å². The maximum Gasteiger partial charge on any atom is 0.251 e. The van der Waals surface area contributed by atoms with E-state index in [9.17, 15) is 9.59 Å². The minimum Gasteiger partial charge on any atom is -0.347 e. The van der Waals surface area contributed by atoms with Gasteiger partial charge in [0.05, 0.1) is 0 Å². The molecule has 0 saturated carbocycles. The fourth-order valence-corrected chi connectivity index (χ4v) is 2.28. The van der Waals surface area contributed by atoms with Crippen LogP contribution >= 0.6 is 15.9 Å². The van der Waals surface area contributed by atoms with E-state index >= 15 is 0 Å². The highest BCUT2D eigenvalue weighted by Gasteiger charge is 2.23.